The van der Waals surface area contributed by atoms with Gasteiger partial charge in [-0.3, -0.25) is 0 Å². The van der Waals surface area contributed by atoms with Crippen molar-refractivity contribution in [2.45, 2.75) is 20.4 Å². The van der Waals surface area contributed by atoms with E-state index in [0.717, 1.165) is 10.2 Å². The Labute approximate surface area is 113 Å². The molecule has 0 radical (unpaired) electrons. The molecular weight excluding hydrogens is 299 g/mol. The SMILES string of the molecule is CCn1nc(C)c(N)c1Nc1cc(Br)ccc1F. The number of nitrogens with zero attached hydrogens (tertiary/aromatic N) is 2. The first-order valence-electron chi connectivity index (χ1n) is 5.58. The molecule has 6 heteroatoms. The van der Waals surface area contributed by atoms with Crippen molar-refractivity contribution in [2.24, 2.45) is 0 Å². The monoisotopic (exact) mass is 312 g/mol. The second-order valence-electron chi connectivity index (χ2n) is 3.91. The van der Waals surface area contributed by atoms with Gasteiger partial charge in [0.15, 0.2) is 5.82 Å². The Kier molecular flexibility index (Phi) is 3.56. The van der Waals surface area contributed by atoms with E-state index in [1.165, 1.54) is 6.07 Å². The molecule has 2 rings (SSSR count). The van der Waals surface area contributed by atoms with Crippen LogP contribution in [0.2, 0.25) is 0 Å². The van der Waals surface area contributed by atoms with Crippen molar-refractivity contribution in [3.63, 3.8) is 0 Å². The van der Waals surface area contributed by atoms with Gasteiger partial charge in [-0.05, 0) is 32.0 Å². The minimum atomic E-state index is -0.334. The fraction of sp³-hybridized carbons (Fsp3) is 0.250. The van der Waals surface area contributed by atoms with Crippen molar-refractivity contribution in [3.8, 4) is 0 Å². The van der Waals surface area contributed by atoms with Crippen LogP contribution in [0.3, 0.4) is 0 Å². The third kappa shape index (κ3) is 2.33. The molecule has 0 saturated carbocycles. The molecule has 1 aromatic heterocycles. The number of nitrogens with two attached hydrogens (primary N) is 1. The Morgan fingerprint density at radius 2 is 2.22 bits per heavy atom. The lowest BCUT2D eigenvalue weighted by Crippen LogP contribution is -2.05. The minimum absolute atomic E-state index is 0.334. The fourth-order valence-electron chi connectivity index (χ4n) is 1.68. The largest absolute Gasteiger partial charge is 0.394 e. The molecule has 0 aliphatic rings. The van der Waals surface area contributed by atoms with Crippen LogP contribution in [0, 0.1) is 12.7 Å². The number of anilines is 3. The molecule has 0 bridgehead atoms. The van der Waals surface area contributed by atoms with Crippen LogP contribution in [0.5, 0.6) is 0 Å². The standard InChI is InChI=1S/C12H14BrFN4/c1-3-18-12(11(15)7(2)17-18)16-10-6-8(13)4-5-9(10)14/h4-6,16H,3,15H2,1-2H3. The molecule has 0 fully saturated rings. The third-order valence-electron chi connectivity index (χ3n) is 2.65. The molecule has 0 saturated heterocycles. The van der Waals surface area contributed by atoms with Crippen molar-refractivity contribution in [1.82, 2.24) is 9.78 Å². The molecule has 4 nitrogen and oxygen atoms in total. The maximum atomic E-state index is 13.7. The first-order chi connectivity index (χ1) is 8.52. The summed E-state index contributed by atoms with van der Waals surface area (Å²) in [6.45, 7) is 4.44. The van der Waals surface area contributed by atoms with E-state index in [1.807, 2.05) is 13.8 Å². The molecule has 96 valence electrons. The molecule has 2 aromatic rings. The van der Waals surface area contributed by atoms with Crippen LogP contribution in [-0.2, 0) is 6.54 Å². The Morgan fingerprint density at radius 3 is 2.89 bits per heavy atom. The van der Waals surface area contributed by atoms with Crippen LogP contribution in [0.1, 0.15) is 12.6 Å². The van der Waals surface area contributed by atoms with Crippen LogP contribution in [0.25, 0.3) is 0 Å². The topological polar surface area (TPSA) is 55.9 Å². The van der Waals surface area contributed by atoms with Crippen molar-refractivity contribution >= 4 is 33.1 Å². The van der Waals surface area contributed by atoms with Gasteiger partial charge in [-0.25, -0.2) is 9.07 Å². The summed E-state index contributed by atoms with van der Waals surface area (Å²) in [7, 11) is 0. The van der Waals surface area contributed by atoms with E-state index in [9.17, 15) is 4.39 Å². The van der Waals surface area contributed by atoms with Gasteiger partial charge >= 0.3 is 0 Å². The van der Waals surface area contributed by atoms with E-state index in [1.54, 1.807) is 16.8 Å². The highest BCUT2D eigenvalue weighted by atomic mass is 79.9. The zero-order valence-electron chi connectivity index (χ0n) is 10.2. The maximum absolute atomic E-state index is 13.7. The van der Waals surface area contributed by atoms with Gasteiger partial charge in [0.05, 0.1) is 17.1 Å². The summed E-state index contributed by atoms with van der Waals surface area (Å²) < 4.78 is 16.2. The lowest BCUT2D eigenvalue weighted by molar-refractivity contribution is 0.629. The van der Waals surface area contributed by atoms with Crippen molar-refractivity contribution < 1.29 is 4.39 Å². The number of halogens is 2. The van der Waals surface area contributed by atoms with Gasteiger partial charge in [-0.2, -0.15) is 5.10 Å². The van der Waals surface area contributed by atoms with Crippen LogP contribution < -0.4 is 11.1 Å². The molecule has 0 amide bonds. The van der Waals surface area contributed by atoms with Crippen molar-refractivity contribution in [2.75, 3.05) is 11.1 Å². The third-order valence-corrected chi connectivity index (χ3v) is 3.15. The van der Waals surface area contributed by atoms with Gasteiger partial charge in [-0.1, -0.05) is 15.9 Å². The quantitative estimate of drug-likeness (QED) is 0.912. The van der Waals surface area contributed by atoms with E-state index < -0.39 is 0 Å². The average Bonchev–Trinajstić information content (AvgIpc) is 2.61. The number of hydrogen-bond donors (Lipinski definition) is 2. The van der Waals surface area contributed by atoms with Crippen LogP contribution in [0.15, 0.2) is 22.7 Å². The van der Waals surface area contributed by atoms with E-state index in [0.29, 0.717) is 23.7 Å². The van der Waals surface area contributed by atoms with Gasteiger partial charge < -0.3 is 11.1 Å². The number of nitrogen functional groups attached to an aromatic ring is 1. The zero-order chi connectivity index (χ0) is 13.3. The van der Waals surface area contributed by atoms with Gasteiger partial charge in [0.25, 0.3) is 0 Å². The van der Waals surface area contributed by atoms with Crippen LogP contribution >= 0.6 is 15.9 Å². The fourth-order valence-corrected chi connectivity index (χ4v) is 2.04. The minimum Gasteiger partial charge on any atom is -0.394 e. The molecule has 0 spiro atoms. The molecule has 0 atom stereocenters. The summed E-state index contributed by atoms with van der Waals surface area (Å²) in [6.07, 6.45) is 0. The average molecular weight is 313 g/mol. The normalized spacial score (nSPS) is 10.7. The summed E-state index contributed by atoms with van der Waals surface area (Å²) in [5.74, 6) is 0.283. The molecule has 3 N–H and O–H groups in total. The van der Waals surface area contributed by atoms with Gasteiger partial charge in [0, 0.05) is 11.0 Å². The Morgan fingerprint density at radius 1 is 1.50 bits per heavy atom. The smallest absolute Gasteiger partial charge is 0.152 e. The number of rotatable bonds is 3. The number of nitrogens with one attached hydrogen (secondary N) is 1. The highest BCUT2D eigenvalue weighted by Gasteiger charge is 2.13. The van der Waals surface area contributed by atoms with Gasteiger partial charge in [-0.15, -0.1) is 0 Å². The highest BCUT2D eigenvalue weighted by molar-refractivity contribution is 9.10. The molecular formula is C12H14BrFN4. The maximum Gasteiger partial charge on any atom is 0.152 e. The van der Waals surface area contributed by atoms with E-state index in [-0.39, 0.29) is 5.82 Å². The zero-order valence-corrected chi connectivity index (χ0v) is 11.8. The Balaban J connectivity index is 2.42. The van der Waals surface area contributed by atoms with E-state index in [2.05, 4.69) is 26.3 Å². The lowest BCUT2D eigenvalue weighted by Gasteiger charge is -2.10. The second-order valence-corrected chi connectivity index (χ2v) is 4.83. The predicted molar refractivity (Wildman–Crippen MR) is 74.4 cm³/mol. The number of hydrogen-bond acceptors (Lipinski definition) is 3. The first kappa shape index (κ1) is 12.9. The van der Waals surface area contributed by atoms with Gasteiger partial charge in [0.2, 0.25) is 0 Å². The molecule has 0 unspecified atom stereocenters. The summed E-state index contributed by atoms with van der Waals surface area (Å²) >= 11 is 3.31. The Hall–Kier alpha value is -1.56. The summed E-state index contributed by atoms with van der Waals surface area (Å²) in [5, 5.41) is 7.26. The van der Waals surface area contributed by atoms with Crippen LogP contribution in [-0.4, -0.2) is 9.78 Å². The predicted octanol–water partition coefficient (Wildman–Crippen LogP) is 3.44. The second kappa shape index (κ2) is 4.97. The molecule has 1 heterocycles. The Bertz CT molecular complexity index is 580. The summed E-state index contributed by atoms with van der Waals surface area (Å²) in [5.41, 5.74) is 7.57. The van der Waals surface area contributed by atoms with Crippen LogP contribution in [0.4, 0.5) is 21.6 Å². The number of benzene rings is 1. The molecule has 18 heavy (non-hydrogen) atoms. The summed E-state index contributed by atoms with van der Waals surface area (Å²) in [4.78, 5) is 0. The highest BCUT2D eigenvalue weighted by Crippen LogP contribution is 2.28. The van der Waals surface area contributed by atoms with Gasteiger partial charge in [0.1, 0.15) is 5.82 Å². The molecule has 1 aromatic carbocycles. The summed E-state index contributed by atoms with van der Waals surface area (Å²) in [6, 6.07) is 4.70. The van der Waals surface area contributed by atoms with Crippen molar-refractivity contribution in [3.05, 3.63) is 34.2 Å². The van der Waals surface area contributed by atoms with E-state index in [4.69, 9.17) is 5.73 Å². The number of aryl methyl sites for hydroxylation is 2. The first-order valence-corrected chi connectivity index (χ1v) is 6.37. The molecule has 0 aliphatic heterocycles. The molecule has 0 aliphatic carbocycles. The lowest BCUT2D eigenvalue weighted by atomic mass is 10.3. The van der Waals surface area contributed by atoms with Crippen molar-refractivity contribution in [1.29, 1.82) is 0 Å². The number of aromatic nitrogens is 2. The van der Waals surface area contributed by atoms with E-state index >= 15 is 0 Å².